The minimum absolute atomic E-state index is 0.0306. The molecule has 0 aromatic heterocycles. The molecule has 9 heteroatoms. The van der Waals surface area contributed by atoms with Crippen LogP contribution >= 0.6 is 7.82 Å². The summed E-state index contributed by atoms with van der Waals surface area (Å²) in [4.78, 5) is 22.3. The van der Waals surface area contributed by atoms with Gasteiger partial charge in [-0.15, -0.1) is 0 Å². The van der Waals surface area contributed by atoms with Gasteiger partial charge in [-0.05, 0) is 6.42 Å². The number of hydrogen-bond acceptors (Lipinski definition) is 6. The third-order valence-electron chi connectivity index (χ3n) is 5.43. The monoisotopic (exact) mass is 498 g/mol. The molecule has 0 saturated heterocycles. The fraction of sp³-hybridized carbons (Fsp3) is 0.958. The van der Waals surface area contributed by atoms with Gasteiger partial charge in [0.2, 0.25) is 0 Å². The summed E-state index contributed by atoms with van der Waals surface area (Å²) in [6, 6.07) is 0. The van der Waals surface area contributed by atoms with Crippen LogP contribution in [0.2, 0.25) is 0 Å². The molecule has 33 heavy (non-hydrogen) atoms. The summed E-state index contributed by atoms with van der Waals surface area (Å²) in [5.74, 6) is -2.03. The number of aliphatic hydroxyl groups is 2. The second kappa shape index (κ2) is 18.9. The number of nitrogens with zero attached hydrogens (tertiary/aromatic N) is 1. The summed E-state index contributed by atoms with van der Waals surface area (Å²) in [7, 11) is 0.612. The summed E-state index contributed by atoms with van der Waals surface area (Å²) < 4.78 is 39.1. The van der Waals surface area contributed by atoms with E-state index in [-0.39, 0.29) is 17.4 Å². The number of aliphatic hydroxyl groups excluding tert-OH is 2. The van der Waals surface area contributed by atoms with E-state index in [0.29, 0.717) is 6.42 Å². The van der Waals surface area contributed by atoms with Crippen molar-refractivity contribution in [1.82, 2.24) is 0 Å². The number of carbonyl (C=O) groups excluding carboxylic acids is 1. The summed E-state index contributed by atoms with van der Waals surface area (Å²) in [5.41, 5.74) is 0. The number of carbonyl (C=O) groups is 1. The Morgan fingerprint density at radius 1 is 1.00 bits per heavy atom. The van der Waals surface area contributed by atoms with Crippen LogP contribution in [0.4, 0.5) is 0 Å². The maximum absolute atomic E-state index is 12.4. The number of rotatable bonds is 23. The summed E-state index contributed by atoms with van der Waals surface area (Å²) in [6.45, 7) is 0.950. The van der Waals surface area contributed by atoms with Gasteiger partial charge in [-0.25, -0.2) is 4.57 Å². The SMILES string of the molecule is [2H]C(=O)C([2H])(CCCCCCCCCCCCCC)C(C[N+](C)(C)C)OP(=O)(O)OC[C@H](O)CO. The second-order valence-electron chi connectivity index (χ2n) is 9.93. The maximum Gasteiger partial charge on any atom is 0.472 e. The van der Waals surface area contributed by atoms with Crippen molar-refractivity contribution in [1.29, 1.82) is 0 Å². The summed E-state index contributed by atoms with van der Waals surface area (Å²) in [5, 5.41) is 18.2. The summed E-state index contributed by atoms with van der Waals surface area (Å²) in [6.07, 6.45) is 9.66. The zero-order valence-corrected chi connectivity index (χ0v) is 22.2. The van der Waals surface area contributed by atoms with Crippen molar-refractivity contribution in [2.45, 2.75) is 103 Å². The topological polar surface area (TPSA) is 113 Å². The van der Waals surface area contributed by atoms with Crippen molar-refractivity contribution in [3.8, 4) is 0 Å². The molecule has 198 valence electrons. The van der Waals surface area contributed by atoms with E-state index in [1.54, 1.807) is 21.1 Å². The predicted octanol–water partition coefficient (Wildman–Crippen LogP) is 4.45. The molecule has 0 saturated carbocycles. The predicted molar refractivity (Wildman–Crippen MR) is 132 cm³/mol. The normalized spacial score (nSPS) is 18.6. The van der Waals surface area contributed by atoms with Gasteiger partial charge in [0.1, 0.15) is 26.4 Å². The molecule has 0 amide bonds. The second-order valence-corrected chi connectivity index (χ2v) is 11.3. The average Bonchev–Trinajstić information content (AvgIpc) is 2.76. The van der Waals surface area contributed by atoms with Gasteiger partial charge in [0.15, 0.2) is 0 Å². The lowest BCUT2D eigenvalue weighted by Crippen LogP contribution is -2.45. The molecular weight excluding hydrogens is 445 g/mol. The molecule has 3 N–H and O–H groups in total. The third-order valence-corrected chi connectivity index (χ3v) is 6.43. The van der Waals surface area contributed by atoms with Gasteiger partial charge in [-0.3, -0.25) is 9.05 Å². The lowest BCUT2D eigenvalue weighted by molar-refractivity contribution is -0.873. The molecule has 0 fully saturated rings. The Bertz CT molecular complexity index is 621. The lowest BCUT2D eigenvalue weighted by atomic mass is 9.95. The molecule has 0 aliphatic heterocycles. The molecule has 4 atom stereocenters. The van der Waals surface area contributed by atoms with E-state index in [2.05, 4.69) is 6.92 Å². The molecule has 0 spiro atoms. The van der Waals surface area contributed by atoms with Crippen LogP contribution in [0.25, 0.3) is 0 Å². The van der Waals surface area contributed by atoms with Crippen molar-refractivity contribution in [3.63, 3.8) is 0 Å². The molecule has 0 radical (unpaired) electrons. The van der Waals surface area contributed by atoms with Crippen molar-refractivity contribution in [2.24, 2.45) is 5.89 Å². The van der Waals surface area contributed by atoms with Gasteiger partial charge < -0.3 is 24.4 Å². The first-order valence-electron chi connectivity index (χ1n) is 13.5. The zero-order valence-electron chi connectivity index (χ0n) is 23.3. The van der Waals surface area contributed by atoms with Gasteiger partial charge in [0.05, 0.1) is 34.4 Å². The van der Waals surface area contributed by atoms with E-state index in [1.165, 1.54) is 44.9 Å². The fourth-order valence-electron chi connectivity index (χ4n) is 3.56. The Hall–Kier alpha value is -0.340. The highest BCUT2D eigenvalue weighted by Crippen LogP contribution is 2.46. The molecule has 8 nitrogen and oxygen atoms in total. The Morgan fingerprint density at radius 3 is 1.91 bits per heavy atom. The third kappa shape index (κ3) is 19.6. The fourth-order valence-corrected chi connectivity index (χ4v) is 4.50. The average molecular weight is 499 g/mol. The number of phosphoric acid groups is 1. The minimum atomic E-state index is -4.74. The molecule has 0 aliphatic carbocycles. The number of unbranched alkanes of at least 4 members (excludes halogenated alkanes) is 11. The van der Waals surface area contributed by atoms with Crippen LogP contribution in [0.15, 0.2) is 0 Å². The van der Waals surface area contributed by atoms with E-state index in [1.807, 2.05) is 0 Å². The van der Waals surface area contributed by atoms with Crippen molar-refractivity contribution in [3.05, 3.63) is 0 Å². The number of likely N-dealkylation sites (N-methyl/N-ethyl adjacent to an activating group) is 1. The van der Waals surface area contributed by atoms with Crippen LogP contribution < -0.4 is 0 Å². The van der Waals surface area contributed by atoms with E-state index < -0.39 is 45.4 Å². The zero-order chi connectivity index (χ0) is 27.0. The number of hydrogen-bond donors (Lipinski definition) is 3. The molecule has 3 unspecified atom stereocenters. The van der Waals surface area contributed by atoms with Gasteiger partial charge in [-0.1, -0.05) is 84.0 Å². The number of phosphoric ester groups is 1. The van der Waals surface area contributed by atoms with Crippen molar-refractivity contribution >= 4 is 14.1 Å². The van der Waals surface area contributed by atoms with Crippen LogP contribution in [-0.4, -0.2) is 79.0 Å². The first-order valence-corrected chi connectivity index (χ1v) is 14.0. The number of aldehydes is 1. The molecule has 0 bridgehead atoms. The van der Waals surface area contributed by atoms with Crippen molar-refractivity contribution < 1.29 is 40.7 Å². The first kappa shape index (κ1) is 28.9. The molecule has 0 rings (SSSR count). The Morgan fingerprint density at radius 2 is 1.48 bits per heavy atom. The van der Waals surface area contributed by atoms with Crippen LogP contribution in [0.5, 0.6) is 0 Å². The molecule has 0 aromatic rings. The summed E-state index contributed by atoms with van der Waals surface area (Å²) >= 11 is 0. The first-order chi connectivity index (χ1) is 16.3. The van der Waals surface area contributed by atoms with Crippen LogP contribution in [0, 0.1) is 5.89 Å². The standard InChI is InChI=1S/C24H50NO7P/c1-5-6-7-8-9-10-11-12-13-14-15-16-17-22(19-26)24(18-25(2,3)4)32-33(29,30)31-21-23(28)20-27/h19,22-24,27-28H,5-18,20-21H2,1-4H3/p+1/t22?,23-,24?/m1/s1/i19D,22D. The Kier molecular flexibility index (Phi) is 16.6. The number of quaternary nitrogens is 1. The molecular formula is C24H51NO7P+. The lowest BCUT2D eigenvalue weighted by Gasteiger charge is -2.32. The minimum Gasteiger partial charge on any atom is -0.394 e. The van der Waals surface area contributed by atoms with Gasteiger partial charge in [-0.2, -0.15) is 0 Å². The maximum atomic E-state index is 12.4. The van der Waals surface area contributed by atoms with Gasteiger partial charge >= 0.3 is 7.82 Å². The molecule has 0 aromatic carbocycles. The molecule has 0 aliphatic rings. The van der Waals surface area contributed by atoms with E-state index in [4.69, 9.17) is 16.9 Å². The van der Waals surface area contributed by atoms with Crippen LogP contribution in [-0.2, 0) is 18.4 Å². The Labute approximate surface area is 204 Å². The van der Waals surface area contributed by atoms with Gasteiger partial charge in [0, 0.05) is 7.26 Å². The van der Waals surface area contributed by atoms with Crippen LogP contribution in [0.3, 0.4) is 0 Å². The quantitative estimate of drug-likeness (QED) is 0.0825. The smallest absolute Gasteiger partial charge is 0.394 e. The van der Waals surface area contributed by atoms with E-state index in [9.17, 15) is 19.4 Å². The van der Waals surface area contributed by atoms with Crippen molar-refractivity contribution in [2.75, 3.05) is 40.9 Å². The van der Waals surface area contributed by atoms with Gasteiger partial charge in [0.25, 0.3) is 0 Å². The van der Waals surface area contributed by atoms with E-state index >= 15 is 0 Å². The molecule has 0 heterocycles. The highest BCUT2D eigenvalue weighted by atomic mass is 31.2. The Balaban J connectivity index is 4.79. The largest absolute Gasteiger partial charge is 0.472 e. The van der Waals surface area contributed by atoms with Crippen LogP contribution in [0.1, 0.15) is 93.1 Å². The van der Waals surface area contributed by atoms with E-state index in [0.717, 1.165) is 25.7 Å². The highest BCUT2D eigenvalue weighted by Gasteiger charge is 2.35. The highest BCUT2D eigenvalue weighted by molar-refractivity contribution is 7.47.